The van der Waals surface area contributed by atoms with Crippen LogP contribution in [0.5, 0.6) is 0 Å². The molecule has 0 aliphatic heterocycles. The summed E-state index contributed by atoms with van der Waals surface area (Å²) < 4.78 is 2.71. The molecular weight excluding hydrogens is 220 g/mol. The van der Waals surface area contributed by atoms with Crippen LogP contribution < -0.4 is 0 Å². The van der Waals surface area contributed by atoms with Crippen LogP contribution in [0.15, 0.2) is 24.5 Å². The van der Waals surface area contributed by atoms with E-state index in [1.165, 1.54) is 0 Å². The highest BCUT2D eigenvalue weighted by atomic mass is 32.1. The molecule has 0 unspecified atom stereocenters. The monoisotopic (exact) mass is 234 g/mol. The Hall–Kier alpha value is -1.49. The van der Waals surface area contributed by atoms with Crippen LogP contribution in [-0.4, -0.2) is 19.7 Å². The second-order valence-electron chi connectivity index (χ2n) is 3.72. The van der Waals surface area contributed by atoms with Crippen LogP contribution in [-0.2, 0) is 0 Å². The zero-order valence-corrected chi connectivity index (χ0v) is 10.2. The van der Waals surface area contributed by atoms with Gasteiger partial charge in [-0.05, 0) is 37.7 Å². The minimum atomic E-state index is 0.342. The molecule has 2 heterocycles. The Kier molecular flexibility index (Phi) is 3.14. The predicted octanol–water partition coefficient (Wildman–Crippen LogP) is 2.97. The van der Waals surface area contributed by atoms with Crippen LogP contribution in [0.25, 0.3) is 11.4 Å². The number of nitrogens with one attached hydrogen (secondary N) is 1. The lowest BCUT2D eigenvalue weighted by molar-refractivity contribution is 0.528. The number of nitrogens with zero attached hydrogens (tertiary/aromatic N) is 3. The molecule has 0 amide bonds. The summed E-state index contributed by atoms with van der Waals surface area (Å²) in [7, 11) is 0. The summed E-state index contributed by atoms with van der Waals surface area (Å²) in [6.45, 7) is 4.27. The van der Waals surface area contributed by atoms with Gasteiger partial charge in [-0.1, -0.05) is 6.92 Å². The second-order valence-corrected chi connectivity index (χ2v) is 4.10. The van der Waals surface area contributed by atoms with Gasteiger partial charge in [0.15, 0.2) is 10.6 Å². The van der Waals surface area contributed by atoms with Gasteiger partial charge < -0.3 is 0 Å². The van der Waals surface area contributed by atoms with E-state index in [-0.39, 0.29) is 0 Å². The lowest BCUT2D eigenvalue weighted by atomic mass is 10.2. The summed E-state index contributed by atoms with van der Waals surface area (Å²) >= 11 is 5.24. The normalized spacial score (nSPS) is 12.6. The number of hydrogen-bond acceptors (Lipinski definition) is 3. The van der Waals surface area contributed by atoms with Crippen molar-refractivity contribution >= 4 is 12.2 Å². The maximum absolute atomic E-state index is 5.24. The molecule has 84 valence electrons. The second kappa shape index (κ2) is 4.57. The molecule has 1 atom stereocenters. The summed E-state index contributed by atoms with van der Waals surface area (Å²) in [5.41, 5.74) is 1.03. The van der Waals surface area contributed by atoms with Crippen LogP contribution in [0.2, 0.25) is 0 Å². The van der Waals surface area contributed by atoms with E-state index in [4.69, 9.17) is 12.2 Å². The van der Waals surface area contributed by atoms with Crippen molar-refractivity contribution in [3.8, 4) is 11.4 Å². The van der Waals surface area contributed by atoms with Crippen molar-refractivity contribution in [1.29, 1.82) is 0 Å². The van der Waals surface area contributed by atoms with Crippen LogP contribution in [0, 0.1) is 4.77 Å². The smallest absolute Gasteiger partial charge is 0.195 e. The summed E-state index contributed by atoms with van der Waals surface area (Å²) in [4.78, 5) is 4.00. The lowest BCUT2D eigenvalue weighted by Crippen LogP contribution is -2.06. The molecular formula is C11H14N4S. The standard InChI is InChI=1S/C11H14N4S/c1-3-8(2)15-10(13-14-11(15)16)9-4-6-12-7-5-9/h4-8H,3H2,1-2H3,(H,14,16)/t8-/m1/s1. The third kappa shape index (κ3) is 1.90. The van der Waals surface area contributed by atoms with E-state index in [9.17, 15) is 0 Å². The number of pyridine rings is 1. The first-order valence-electron chi connectivity index (χ1n) is 5.31. The van der Waals surface area contributed by atoms with Crippen molar-refractivity contribution in [3.63, 3.8) is 0 Å². The fourth-order valence-corrected chi connectivity index (χ4v) is 1.91. The number of rotatable bonds is 3. The fraction of sp³-hybridized carbons (Fsp3) is 0.364. The Morgan fingerprint density at radius 3 is 2.75 bits per heavy atom. The van der Waals surface area contributed by atoms with Crippen molar-refractivity contribution < 1.29 is 0 Å². The van der Waals surface area contributed by atoms with Crippen molar-refractivity contribution in [1.82, 2.24) is 19.7 Å². The first-order chi connectivity index (χ1) is 7.74. The summed E-state index contributed by atoms with van der Waals surface area (Å²) in [6, 6.07) is 4.21. The van der Waals surface area contributed by atoms with Gasteiger partial charge in [0, 0.05) is 24.0 Å². The third-order valence-corrected chi connectivity index (χ3v) is 2.96. The van der Waals surface area contributed by atoms with Gasteiger partial charge in [0.2, 0.25) is 0 Å². The van der Waals surface area contributed by atoms with Gasteiger partial charge >= 0.3 is 0 Å². The molecule has 0 aliphatic carbocycles. The maximum Gasteiger partial charge on any atom is 0.195 e. The van der Waals surface area contributed by atoms with Gasteiger partial charge in [-0.15, -0.1) is 0 Å². The van der Waals surface area contributed by atoms with E-state index in [1.54, 1.807) is 12.4 Å². The molecule has 0 bridgehead atoms. The van der Waals surface area contributed by atoms with Crippen molar-refractivity contribution in [2.75, 3.05) is 0 Å². The van der Waals surface area contributed by atoms with E-state index < -0.39 is 0 Å². The number of aromatic nitrogens is 4. The van der Waals surface area contributed by atoms with Gasteiger partial charge in [-0.2, -0.15) is 5.10 Å². The maximum atomic E-state index is 5.24. The zero-order chi connectivity index (χ0) is 11.5. The average Bonchev–Trinajstić information content (AvgIpc) is 2.71. The number of aromatic amines is 1. The van der Waals surface area contributed by atoms with E-state index in [1.807, 2.05) is 16.7 Å². The van der Waals surface area contributed by atoms with E-state index >= 15 is 0 Å². The van der Waals surface area contributed by atoms with Gasteiger partial charge in [-0.25, -0.2) is 0 Å². The number of H-pyrrole nitrogens is 1. The largest absolute Gasteiger partial charge is 0.297 e. The van der Waals surface area contributed by atoms with Crippen LogP contribution in [0.1, 0.15) is 26.3 Å². The molecule has 16 heavy (non-hydrogen) atoms. The highest BCUT2D eigenvalue weighted by Crippen LogP contribution is 2.21. The minimum absolute atomic E-state index is 0.342. The highest BCUT2D eigenvalue weighted by Gasteiger charge is 2.12. The third-order valence-electron chi connectivity index (χ3n) is 2.67. The van der Waals surface area contributed by atoms with Crippen LogP contribution >= 0.6 is 12.2 Å². The summed E-state index contributed by atoms with van der Waals surface area (Å²) in [5, 5.41) is 7.12. The van der Waals surface area contributed by atoms with Crippen molar-refractivity contribution in [3.05, 3.63) is 29.3 Å². The molecule has 0 saturated carbocycles. The summed E-state index contributed by atoms with van der Waals surface area (Å²) in [5.74, 6) is 0.877. The summed E-state index contributed by atoms with van der Waals surface area (Å²) in [6.07, 6.45) is 4.54. The molecule has 0 aromatic carbocycles. The van der Waals surface area contributed by atoms with E-state index in [0.717, 1.165) is 17.8 Å². The molecule has 2 aromatic rings. The molecule has 0 radical (unpaired) electrons. The molecule has 2 rings (SSSR count). The van der Waals surface area contributed by atoms with E-state index in [0.29, 0.717) is 10.8 Å². The van der Waals surface area contributed by atoms with Gasteiger partial charge in [0.25, 0.3) is 0 Å². The van der Waals surface area contributed by atoms with Crippen LogP contribution in [0.4, 0.5) is 0 Å². The average molecular weight is 234 g/mol. The minimum Gasteiger partial charge on any atom is -0.297 e. The Bertz CT molecular complexity index is 514. The topological polar surface area (TPSA) is 46.5 Å². The molecule has 4 nitrogen and oxygen atoms in total. The lowest BCUT2D eigenvalue weighted by Gasteiger charge is -2.12. The Labute approximate surface area is 99.4 Å². The predicted molar refractivity (Wildman–Crippen MR) is 65.6 cm³/mol. The fourth-order valence-electron chi connectivity index (χ4n) is 1.60. The molecule has 5 heteroatoms. The molecule has 1 N–H and O–H groups in total. The zero-order valence-electron chi connectivity index (χ0n) is 9.34. The Morgan fingerprint density at radius 2 is 2.12 bits per heavy atom. The SMILES string of the molecule is CC[C@@H](C)n1c(-c2ccncc2)n[nH]c1=S. The highest BCUT2D eigenvalue weighted by molar-refractivity contribution is 7.71. The van der Waals surface area contributed by atoms with Gasteiger partial charge in [0.1, 0.15) is 0 Å². The van der Waals surface area contributed by atoms with E-state index in [2.05, 4.69) is 29.0 Å². The first kappa shape index (κ1) is 11.0. The van der Waals surface area contributed by atoms with Crippen LogP contribution in [0.3, 0.4) is 0 Å². The van der Waals surface area contributed by atoms with Gasteiger partial charge in [-0.3, -0.25) is 14.6 Å². The Morgan fingerprint density at radius 1 is 1.44 bits per heavy atom. The Balaban J connectivity index is 2.55. The van der Waals surface area contributed by atoms with Gasteiger partial charge in [0.05, 0.1) is 0 Å². The molecule has 0 spiro atoms. The van der Waals surface area contributed by atoms with Crippen molar-refractivity contribution in [2.45, 2.75) is 26.3 Å². The quantitative estimate of drug-likeness (QED) is 0.830. The van der Waals surface area contributed by atoms with Crippen molar-refractivity contribution in [2.24, 2.45) is 0 Å². The first-order valence-corrected chi connectivity index (χ1v) is 5.72. The molecule has 0 aliphatic rings. The number of hydrogen-bond donors (Lipinski definition) is 1. The molecule has 0 fully saturated rings. The molecule has 2 aromatic heterocycles. The molecule has 0 saturated heterocycles.